The Balaban J connectivity index is 0.000000350. The van der Waals surface area contributed by atoms with E-state index in [4.69, 9.17) is 14.1 Å². The maximum absolute atomic E-state index is 14.4. The number of pyridine rings is 6. The quantitative estimate of drug-likeness (QED) is 0.0403. The van der Waals surface area contributed by atoms with Crippen LogP contribution in [0.25, 0.3) is 170 Å². The van der Waals surface area contributed by atoms with Crippen LogP contribution in [-0.4, -0.2) is 67.3 Å². The third kappa shape index (κ3) is 21.0. The first-order valence-corrected chi connectivity index (χ1v) is 41.7. The number of ether oxygens (including phenoxy) is 1. The van der Waals surface area contributed by atoms with Crippen LogP contribution in [-0.2, 0) is 107 Å². The number of hydrogen-bond donors (Lipinski definition) is 0. The average Bonchev–Trinajstić information content (AvgIpc) is 1.62. The molecule has 23 aromatic rings. The second-order valence-corrected chi connectivity index (χ2v) is 34.1. The predicted molar refractivity (Wildman–Crippen MR) is 523 cm³/mol. The second kappa shape index (κ2) is 47.5. The molecule has 0 atom stereocenters. The molecular formula is C108H90F10Ir5N11O2Si. The van der Waals surface area contributed by atoms with E-state index in [9.17, 15) is 43.9 Å². The van der Waals surface area contributed by atoms with Gasteiger partial charge in [-0.05, 0) is 119 Å². The number of fused-ring (bicyclic) bond motifs is 30. The normalized spacial score (nSPS) is 10.6. The first-order valence-electron chi connectivity index (χ1n) is 38.3. The average molecular weight is 2750 g/mol. The van der Waals surface area contributed by atoms with Crippen LogP contribution in [0.15, 0.2) is 274 Å². The van der Waals surface area contributed by atoms with Crippen LogP contribution in [0.1, 0.15) is 11.1 Å². The number of hydrogen-bond acceptors (Lipinski definition) is 8. The Labute approximate surface area is 858 Å². The fourth-order valence-electron chi connectivity index (χ4n) is 16.3. The minimum Gasteiger partial charge on any atom is -0.531 e. The summed E-state index contributed by atoms with van der Waals surface area (Å²) in [6.45, 7) is 8.19. The minimum absolute atomic E-state index is 0. The van der Waals surface area contributed by atoms with E-state index in [1.807, 2.05) is 114 Å². The molecule has 29 heteroatoms. The zero-order valence-electron chi connectivity index (χ0n) is 76.7. The Hall–Kier alpha value is -11.8. The summed E-state index contributed by atoms with van der Waals surface area (Å²) in [4.78, 5) is 26.4. The van der Waals surface area contributed by atoms with Crippen LogP contribution in [0.2, 0.25) is 19.6 Å². The number of methoxy groups -OCH3 is 1. The molecule has 0 N–H and O–H groups in total. The maximum atomic E-state index is 14.4. The fourth-order valence-corrected chi connectivity index (χ4v) is 17.0. The summed E-state index contributed by atoms with van der Waals surface area (Å²) in [5.41, 5.74) is 9.22. The summed E-state index contributed by atoms with van der Waals surface area (Å²) in [6, 6.07) is 83.7. The van der Waals surface area contributed by atoms with Crippen molar-refractivity contribution in [2.24, 2.45) is 0 Å². The van der Waals surface area contributed by atoms with Gasteiger partial charge in [0, 0.05) is 81.7 Å². The molecule has 12 aromatic carbocycles. The second-order valence-electron chi connectivity index (χ2n) is 29.7. The van der Waals surface area contributed by atoms with E-state index in [-0.39, 0.29) is 192 Å². The van der Waals surface area contributed by atoms with E-state index in [0.717, 1.165) is 77.9 Å². The van der Waals surface area contributed by atoms with Gasteiger partial charge in [-0.25, -0.2) is 31.3 Å². The Kier molecular flexibility index (Phi) is 40.8. The van der Waals surface area contributed by atoms with Crippen molar-refractivity contribution in [2.75, 3.05) is 7.11 Å². The molecule has 0 saturated heterocycles. The zero-order chi connectivity index (χ0) is 84.1. The standard InChI is InChI=1S/C23H14F3N2.C21H8F5N2.C20H12N3.C18H17N2OSi.C16H9F2N2O.10CH3.5Ir/c1-14-7-6-11-18(23(24,25)26)21(14)20-13-27-22-17-10-3-2-8-15(17)16-9-4-5-12-19(16)28(20)22;22-16-15(17(23)19(25)20(26)18(16)24)14-9-27-21-12-7-2-1-5-10(12)11-6-3-4-8-13(11)28(14)21;1-2-5-18-16(4-1)17-7-3-6-15(14-8-10-21-11-9-14)19(17)23-13-12-22-20(18)23;1-22(2,3)21-17-12-20-16-11-7-6-9-14(16)13-8-4-5-10-15(13)18(20)19-17;1-21-15-8-19-16-11-4-2-9(17)6-12(11)13-7-10(18)3-5-14(13)20(15)16;;;;;;;;;;;;;;;/h2-9,11-13H,1H3;1-6,8-9H;1-4,6-13H;4-9,11-12H,1-3H3;2-3,5-8H,1H3;10*1H3;;;;;/q15*-1;5*+3. The molecule has 11 heterocycles. The molecular weight excluding hydrogens is 2660 g/mol. The monoisotopic (exact) mass is 2760 g/mol. The van der Waals surface area contributed by atoms with Gasteiger partial charge in [-0.2, -0.15) is 13.2 Å². The Bertz CT molecular complexity index is 8090. The summed E-state index contributed by atoms with van der Waals surface area (Å²) in [7, 11) is -0.143. The number of imidazole rings is 5. The van der Waals surface area contributed by atoms with Gasteiger partial charge < -0.3 is 105 Å². The molecule has 0 fully saturated rings. The van der Waals surface area contributed by atoms with Crippen molar-refractivity contribution in [2.45, 2.75) is 32.7 Å². The maximum Gasteiger partial charge on any atom is 3.00 e. The van der Waals surface area contributed by atoms with Gasteiger partial charge in [-0.15, -0.1) is 137 Å². The molecule has 0 bridgehead atoms. The van der Waals surface area contributed by atoms with E-state index >= 15 is 0 Å². The molecule has 0 aliphatic rings. The SMILES string of the molecule is COc1cnc2c3[c-]cc(F)cc3c3cc(F)ccc3n12.C[Si](C)(C)Oc1cn2c3ccccc3c3ccc[c-]c3c2n1.Cc1cccc(C(F)(F)F)c1-c1cnc2c3[c-]cccc3c3ccccc3n12.Fc1c(F)c(F)c(-c2cnc3c4[c-]cccc4c4ccccc4n23)c(F)c1F.[CH3-].[CH3-].[CH3-].[CH3-].[CH3-].[CH3-].[CH3-].[CH3-].[CH3-].[CH3-].[Ir+3].[Ir+3].[Ir+3].[Ir+3].[Ir+3].[c-]1cccc2c1c1nccn1c1c(-c3ccncc3)cccc21. The molecule has 0 spiro atoms. The number of aromatic nitrogens is 11. The van der Waals surface area contributed by atoms with E-state index in [1.165, 1.54) is 80.7 Å². The fraction of sp³-hybridized carbons (Fsp3) is 0.0556. The van der Waals surface area contributed by atoms with Crippen LogP contribution in [0.5, 0.6) is 11.8 Å². The van der Waals surface area contributed by atoms with Gasteiger partial charge in [0.05, 0.1) is 70.3 Å². The molecule has 137 heavy (non-hydrogen) atoms. The number of para-hydroxylation sites is 4. The third-order valence-electron chi connectivity index (χ3n) is 21.3. The van der Waals surface area contributed by atoms with Crippen LogP contribution in [0.4, 0.5) is 43.9 Å². The predicted octanol–water partition coefficient (Wildman–Crippen LogP) is 29.6. The summed E-state index contributed by atoms with van der Waals surface area (Å²) in [6.07, 6.45) is 9.26. The van der Waals surface area contributed by atoms with E-state index in [2.05, 4.69) is 138 Å². The molecule has 0 saturated carbocycles. The van der Waals surface area contributed by atoms with Crippen molar-refractivity contribution in [3.8, 4) is 45.4 Å². The number of nitrogens with zero attached hydrogens (tertiary/aromatic N) is 11. The van der Waals surface area contributed by atoms with Crippen LogP contribution in [0, 0.1) is 152 Å². The number of halogens is 10. The van der Waals surface area contributed by atoms with Gasteiger partial charge in [0.25, 0.3) is 0 Å². The van der Waals surface area contributed by atoms with Crippen molar-refractivity contribution in [1.29, 1.82) is 0 Å². The van der Waals surface area contributed by atoms with Gasteiger partial charge in [0.15, 0.2) is 23.3 Å². The topological polar surface area (TPSA) is 118 Å². The van der Waals surface area contributed by atoms with Crippen molar-refractivity contribution in [1.82, 2.24) is 51.9 Å². The Morgan fingerprint density at radius 1 is 0.372 bits per heavy atom. The molecule has 0 aliphatic heterocycles. The zero-order valence-corrected chi connectivity index (χ0v) is 89.6. The van der Waals surface area contributed by atoms with Crippen LogP contribution in [0.3, 0.4) is 0 Å². The molecule has 0 amide bonds. The molecule has 11 aromatic heterocycles. The molecule has 708 valence electrons. The van der Waals surface area contributed by atoms with Gasteiger partial charge in [0.1, 0.15) is 5.82 Å². The smallest absolute Gasteiger partial charge is 0.531 e. The summed E-state index contributed by atoms with van der Waals surface area (Å²) >= 11 is 0. The molecule has 0 radical (unpaired) electrons. The minimum atomic E-state index is -4.45. The molecule has 0 aliphatic carbocycles. The van der Waals surface area contributed by atoms with E-state index in [1.54, 1.807) is 72.1 Å². The van der Waals surface area contributed by atoms with Crippen molar-refractivity contribution in [3.63, 3.8) is 0 Å². The number of aryl methyl sites for hydroxylation is 1. The molecule has 0 unspecified atom stereocenters. The number of benzene rings is 12. The first-order chi connectivity index (χ1) is 59.1. The van der Waals surface area contributed by atoms with E-state index < -0.39 is 60.5 Å². The number of alkyl halides is 3. The Morgan fingerprint density at radius 2 is 0.803 bits per heavy atom. The summed E-state index contributed by atoms with van der Waals surface area (Å²) in [5, 5.41) is 13.4. The Morgan fingerprint density at radius 3 is 1.33 bits per heavy atom. The van der Waals surface area contributed by atoms with Gasteiger partial charge in [-0.3, -0.25) is 29.3 Å². The van der Waals surface area contributed by atoms with Crippen molar-refractivity contribution >= 4 is 145 Å². The largest absolute Gasteiger partial charge is 3.00 e. The third-order valence-corrected chi connectivity index (χ3v) is 22.1. The van der Waals surface area contributed by atoms with Gasteiger partial charge in [0.2, 0.25) is 25.9 Å². The number of rotatable bonds is 6. The van der Waals surface area contributed by atoms with Gasteiger partial charge >= 0.3 is 107 Å². The van der Waals surface area contributed by atoms with Crippen molar-refractivity contribution < 1.29 is 154 Å². The molecule has 23 rings (SSSR count). The van der Waals surface area contributed by atoms with Crippen LogP contribution < -0.4 is 9.16 Å². The van der Waals surface area contributed by atoms with Crippen molar-refractivity contribution in [3.05, 3.63) is 430 Å². The van der Waals surface area contributed by atoms with Gasteiger partial charge in [-0.1, -0.05) is 117 Å². The summed E-state index contributed by atoms with van der Waals surface area (Å²) in [5.74, 6) is -9.58. The van der Waals surface area contributed by atoms with Crippen LogP contribution >= 0.6 is 0 Å². The molecule has 13 nitrogen and oxygen atoms in total. The first kappa shape index (κ1) is 118. The van der Waals surface area contributed by atoms with E-state index in [0.29, 0.717) is 72.5 Å². The summed E-state index contributed by atoms with van der Waals surface area (Å²) < 4.78 is 159.